The van der Waals surface area contributed by atoms with Gasteiger partial charge in [0.25, 0.3) is 5.91 Å². The molecule has 1 amide bonds. The van der Waals surface area contributed by atoms with Crippen molar-refractivity contribution in [2.45, 2.75) is 13.3 Å². The summed E-state index contributed by atoms with van der Waals surface area (Å²) in [7, 11) is 0. The van der Waals surface area contributed by atoms with Gasteiger partial charge in [0, 0.05) is 12.6 Å². The predicted molar refractivity (Wildman–Crippen MR) is 92.3 cm³/mol. The van der Waals surface area contributed by atoms with Crippen molar-refractivity contribution in [1.82, 2.24) is 0 Å². The minimum absolute atomic E-state index is 0.234. The maximum atomic E-state index is 12.4. The van der Waals surface area contributed by atoms with E-state index in [1.165, 1.54) is 18.2 Å². The second kappa shape index (κ2) is 5.59. The third kappa shape index (κ3) is 2.30. The van der Waals surface area contributed by atoms with Crippen molar-refractivity contribution in [2.75, 3.05) is 16.3 Å². The minimum atomic E-state index is -0.617. The molecule has 8 nitrogen and oxygen atoms in total. The first kappa shape index (κ1) is 15.1. The van der Waals surface area contributed by atoms with Gasteiger partial charge in [0.2, 0.25) is 5.96 Å². The molecule has 0 spiro atoms. The monoisotopic (exact) mass is 338 g/mol. The number of anilines is 2. The Hall–Kier alpha value is -3.42. The van der Waals surface area contributed by atoms with Gasteiger partial charge in [-0.25, -0.2) is 0 Å². The molecule has 0 N–H and O–H groups in total. The number of amides is 1. The highest BCUT2D eigenvalue weighted by Crippen LogP contribution is 2.42. The van der Waals surface area contributed by atoms with E-state index in [0.29, 0.717) is 11.7 Å². The molecule has 0 bridgehead atoms. The van der Waals surface area contributed by atoms with Crippen LogP contribution in [0.25, 0.3) is 6.08 Å². The van der Waals surface area contributed by atoms with E-state index in [2.05, 4.69) is 11.9 Å². The highest BCUT2D eigenvalue weighted by molar-refractivity contribution is 6.31. The highest BCUT2D eigenvalue weighted by Gasteiger charge is 2.41. The van der Waals surface area contributed by atoms with Crippen molar-refractivity contribution in [3.63, 3.8) is 0 Å². The van der Waals surface area contributed by atoms with Crippen LogP contribution in [0.4, 0.5) is 17.3 Å². The number of carbonyl (C=O) groups excluding carboxylic acids is 1. The Morgan fingerprint density at radius 3 is 2.68 bits per heavy atom. The van der Waals surface area contributed by atoms with Crippen LogP contribution in [-0.4, -0.2) is 23.3 Å². The van der Waals surface area contributed by atoms with Crippen LogP contribution in [0, 0.1) is 10.1 Å². The molecule has 1 aromatic heterocycles. The van der Waals surface area contributed by atoms with Gasteiger partial charge in [-0.1, -0.05) is 19.1 Å². The molecule has 4 rings (SSSR count). The Morgan fingerprint density at radius 2 is 2.00 bits per heavy atom. The summed E-state index contributed by atoms with van der Waals surface area (Å²) in [6.07, 6.45) is 2.39. The molecule has 0 saturated carbocycles. The Labute approximate surface area is 142 Å². The van der Waals surface area contributed by atoms with Crippen LogP contribution in [0.3, 0.4) is 0 Å². The molecule has 2 aliphatic rings. The number of fused-ring (bicyclic) bond motifs is 3. The van der Waals surface area contributed by atoms with E-state index in [-0.39, 0.29) is 11.6 Å². The molecule has 0 radical (unpaired) electrons. The van der Waals surface area contributed by atoms with Crippen molar-refractivity contribution in [1.29, 1.82) is 0 Å². The molecule has 0 unspecified atom stereocenters. The summed E-state index contributed by atoms with van der Waals surface area (Å²) in [5.74, 6) is 0.0239. The number of nitro groups is 1. The topological polar surface area (TPSA) is 92.2 Å². The zero-order valence-corrected chi connectivity index (χ0v) is 13.4. The first-order valence-electron chi connectivity index (χ1n) is 7.86. The Bertz CT molecular complexity index is 944. The zero-order valence-electron chi connectivity index (χ0n) is 13.4. The zero-order chi connectivity index (χ0) is 17.6. The molecule has 126 valence electrons. The Balaban J connectivity index is 1.78. The van der Waals surface area contributed by atoms with Crippen LogP contribution >= 0.6 is 0 Å². The number of carbonyl (C=O) groups is 1. The van der Waals surface area contributed by atoms with Crippen LogP contribution in [0.5, 0.6) is 0 Å². The summed E-state index contributed by atoms with van der Waals surface area (Å²) in [6, 6.07) is 10.4. The van der Waals surface area contributed by atoms with E-state index in [1.807, 2.05) is 29.2 Å². The van der Waals surface area contributed by atoms with Crippen LogP contribution in [-0.2, 0) is 4.79 Å². The van der Waals surface area contributed by atoms with Crippen LogP contribution in [0.1, 0.15) is 19.1 Å². The van der Waals surface area contributed by atoms with Gasteiger partial charge in [-0.2, -0.15) is 4.99 Å². The molecule has 0 fully saturated rings. The summed E-state index contributed by atoms with van der Waals surface area (Å²) in [5.41, 5.74) is 2.14. The van der Waals surface area contributed by atoms with E-state index in [9.17, 15) is 14.9 Å². The number of furan rings is 1. The first-order chi connectivity index (χ1) is 12.1. The van der Waals surface area contributed by atoms with Gasteiger partial charge in [0.05, 0.1) is 17.4 Å². The molecule has 3 heterocycles. The largest absolute Gasteiger partial charge is 0.433 e. The van der Waals surface area contributed by atoms with Gasteiger partial charge in [-0.15, -0.1) is 0 Å². The fourth-order valence-electron chi connectivity index (χ4n) is 3.03. The molecular weight excluding hydrogens is 324 g/mol. The maximum absolute atomic E-state index is 12.4. The van der Waals surface area contributed by atoms with Gasteiger partial charge in [-0.3, -0.25) is 19.8 Å². The lowest BCUT2D eigenvalue weighted by molar-refractivity contribution is -0.402. The molecule has 8 heteroatoms. The molecule has 1 aromatic carbocycles. The number of benzene rings is 1. The summed E-state index contributed by atoms with van der Waals surface area (Å²) >= 11 is 0. The van der Waals surface area contributed by atoms with E-state index in [0.717, 1.165) is 24.3 Å². The number of guanidine groups is 1. The molecule has 0 atom stereocenters. The van der Waals surface area contributed by atoms with E-state index < -0.39 is 10.8 Å². The quantitative estimate of drug-likeness (QED) is 0.483. The third-order valence-electron chi connectivity index (χ3n) is 4.04. The molecule has 0 saturated heterocycles. The standard InChI is InChI=1S/C17H14N4O4/c1-2-9-19-12-5-3-4-6-13(12)20-14(16(22)18-17(19)20)10-11-7-8-15(25-11)21(23)24/h3-8,10H,2,9H2,1H3/b14-10+. The number of hydrogen-bond acceptors (Lipinski definition) is 6. The molecule has 2 aromatic rings. The number of nitrogens with zero attached hydrogens (tertiary/aromatic N) is 4. The van der Waals surface area contributed by atoms with Crippen molar-refractivity contribution in [2.24, 2.45) is 4.99 Å². The maximum Gasteiger partial charge on any atom is 0.433 e. The molecule has 2 aliphatic heterocycles. The predicted octanol–water partition coefficient (Wildman–Crippen LogP) is 3.16. The average molecular weight is 338 g/mol. The first-order valence-corrected chi connectivity index (χ1v) is 7.86. The molecular formula is C17H14N4O4. The lowest BCUT2D eigenvalue weighted by Crippen LogP contribution is -2.35. The van der Waals surface area contributed by atoms with Crippen molar-refractivity contribution >= 4 is 35.2 Å². The van der Waals surface area contributed by atoms with E-state index >= 15 is 0 Å². The second-order valence-corrected chi connectivity index (χ2v) is 5.66. The van der Waals surface area contributed by atoms with Crippen molar-refractivity contribution in [3.8, 4) is 0 Å². The van der Waals surface area contributed by atoms with Crippen LogP contribution in [0.15, 0.2) is 51.5 Å². The lowest BCUT2D eigenvalue weighted by atomic mass is 10.2. The number of para-hydroxylation sites is 2. The van der Waals surface area contributed by atoms with Gasteiger partial charge < -0.3 is 9.32 Å². The second-order valence-electron chi connectivity index (χ2n) is 5.66. The van der Waals surface area contributed by atoms with Crippen LogP contribution < -0.4 is 9.80 Å². The van der Waals surface area contributed by atoms with Crippen molar-refractivity contribution < 1.29 is 14.1 Å². The third-order valence-corrected chi connectivity index (χ3v) is 4.04. The summed E-state index contributed by atoms with van der Waals surface area (Å²) in [4.78, 5) is 30.5. The van der Waals surface area contributed by atoms with Gasteiger partial charge in [0.15, 0.2) is 0 Å². The number of aliphatic imine (C=N–C) groups is 1. The number of hydrogen-bond donors (Lipinski definition) is 0. The normalized spacial score (nSPS) is 17.1. The summed E-state index contributed by atoms with van der Waals surface area (Å²) in [5, 5.41) is 10.8. The number of rotatable bonds is 4. The minimum Gasteiger partial charge on any atom is -0.401 e. The smallest absolute Gasteiger partial charge is 0.401 e. The van der Waals surface area contributed by atoms with Crippen LogP contribution in [0.2, 0.25) is 0 Å². The van der Waals surface area contributed by atoms with E-state index in [1.54, 1.807) is 4.90 Å². The van der Waals surface area contributed by atoms with Gasteiger partial charge >= 0.3 is 5.88 Å². The van der Waals surface area contributed by atoms with Crippen molar-refractivity contribution in [3.05, 3.63) is 58.0 Å². The molecule has 0 aliphatic carbocycles. The van der Waals surface area contributed by atoms with Gasteiger partial charge in [-0.05, 0) is 24.6 Å². The highest BCUT2D eigenvalue weighted by atomic mass is 16.6. The summed E-state index contributed by atoms with van der Waals surface area (Å²) in [6.45, 7) is 2.79. The lowest BCUT2D eigenvalue weighted by Gasteiger charge is -2.18. The van der Waals surface area contributed by atoms with E-state index in [4.69, 9.17) is 4.42 Å². The fourth-order valence-corrected chi connectivity index (χ4v) is 3.03. The molecule has 25 heavy (non-hydrogen) atoms. The van der Waals surface area contributed by atoms with Gasteiger partial charge in [0.1, 0.15) is 16.4 Å². The summed E-state index contributed by atoms with van der Waals surface area (Å²) < 4.78 is 5.15. The average Bonchev–Trinajstić information content (AvgIpc) is 3.25. The SMILES string of the molecule is CCCN1C2=NC(=O)/C(=C\c3ccc([N+](=O)[O-])o3)N2c2ccccc21. The fraction of sp³-hybridized carbons (Fsp3) is 0.176. The Morgan fingerprint density at radius 1 is 1.24 bits per heavy atom. The Kier molecular flexibility index (Phi) is 3.38.